The van der Waals surface area contributed by atoms with Gasteiger partial charge in [0.25, 0.3) is 0 Å². The number of pyridine rings is 1. The van der Waals surface area contributed by atoms with Gasteiger partial charge in [-0.3, -0.25) is 4.98 Å². The molecule has 1 aromatic heterocycles. The predicted octanol–water partition coefficient (Wildman–Crippen LogP) is 1.54. The van der Waals surface area contributed by atoms with Crippen molar-refractivity contribution in [1.82, 2.24) is 4.98 Å². The van der Waals surface area contributed by atoms with Gasteiger partial charge in [-0.25, -0.2) is 0 Å². The molecule has 1 aliphatic carbocycles. The minimum Gasteiger partial charge on any atom is -0.393 e. The topological polar surface area (TPSA) is 59.1 Å². The number of para-hydroxylation sites is 1. The number of aromatic nitrogens is 1. The van der Waals surface area contributed by atoms with Gasteiger partial charge in [0.2, 0.25) is 0 Å². The van der Waals surface area contributed by atoms with E-state index in [1.54, 1.807) is 6.20 Å². The molecule has 3 heteroatoms. The first-order valence-corrected chi connectivity index (χ1v) is 5.50. The maximum absolute atomic E-state index is 9.42. The van der Waals surface area contributed by atoms with E-state index in [0.717, 1.165) is 16.5 Å². The van der Waals surface area contributed by atoms with E-state index < -0.39 is 0 Å². The van der Waals surface area contributed by atoms with Crippen molar-refractivity contribution in [2.24, 2.45) is 5.73 Å². The molecule has 3 N–H and O–H groups in total. The van der Waals surface area contributed by atoms with Crippen molar-refractivity contribution in [3.63, 3.8) is 0 Å². The molecule has 1 fully saturated rings. The molecule has 3 rings (SSSR count). The van der Waals surface area contributed by atoms with Gasteiger partial charge < -0.3 is 10.8 Å². The van der Waals surface area contributed by atoms with Crippen LogP contribution in [0.3, 0.4) is 0 Å². The first kappa shape index (κ1) is 9.75. The number of benzene rings is 1. The number of nitrogens with zero attached hydrogens (tertiary/aromatic N) is 1. The van der Waals surface area contributed by atoms with Gasteiger partial charge in [-0.1, -0.05) is 18.2 Å². The molecule has 0 radical (unpaired) electrons. The Morgan fingerprint density at radius 2 is 2.00 bits per heavy atom. The van der Waals surface area contributed by atoms with Crippen LogP contribution < -0.4 is 5.73 Å². The van der Waals surface area contributed by atoms with E-state index in [-0.39, 0.29) is 11.6 Å². The molecule has 3 nitrogen and oxygen atoms in total. The summed E-state index contributed by atoms with van der Waals surface area (Å²) in [7, 11) is 0. The molecule has 0 unspecified atom stereocenters. The van der Waals surface area contributed by atoms with Gasteiger partial charge in [-0.15, -0.1) is 0 Å². The van der Waals surface area contributed by atoms with Gasteiger partial charge in [-0.2, -0.15) is 0 Å². The maximum Gasteiger partial charge on any atom is 0.0705 e. The number of nitrogens with two attached hydrogens (primary N) is 1. The number of fused-ring (bicyclic) bond motifs is 1. The number of aliphatic hydroxyl groups excluding tert-OH is 1. The zero-order chi connectivity index (χ0) is 11.2. The van der Waals surface area contributed by atoms with E-state index in [9.17, 15) is 5.11 Å². The first-order valence-electron chi connectivity index (χ1n) is 5.50. The van der Waals surface area contributed by atoms with E-state index >= 15 is 0 Å². The van der Waals surface area contributed by atoms with Gasteiger partial charge in [0, 0.05) is 17.1 Å². The van der Waals surface area contributed by atoms with E-state index in [2.05, 4.69) is 4.98 Å². The van der Waals surface area contributed by atoms with Crippen LogP contribution in [0.2, 0.25) is 0 Å². The van der Waals surface area contributed by atoms with Crippen LogP contribution in [0.5, 0.6) is 0 Å². The quantitative estimate of drug-likeness (QED) is 0.757. The molecule has 2 aromatic rings. The highest BCUT2D eigenvalue weighted by atomic mass is 16.3. The number of aliphatic hydroxyl groups is 1. The number of rotatable bonds is 1. The molecular formula is C13H14N2O. The van der Waals surface area contributed by atoms with Crippen molar-refractivity contribution >= 4 is 10.9 Å². The molecular weight excluding hydrogens is 200 g/mol. The molecule has 0 aliphatic heterocycles. The Bertz CT molecular complexity index is 527. The van der Waals surface area contributed by atoms with Crippen molar-refractivity contribution in [2.45, 2.75) is 24.5 Å². The zero-order valence-corrected chi connectivity index (χ0v) is 8.93. The standard InChI is InChI=1S/C13H14N2O/c14-13(7-9(16)8-13)11-5-6-15-12-4-2-1-3-10(11)12/h1-6,9,16H,7-8,14H2. The van der Waals surface area contributed by atoms with Gasteiger partial charge in [-0.05, 0) is 30.5 Å². The van der Waals surface area contributed by atoms with Crippen molar-refractivity contribution in [2.75, 3.05) is 0 Å². The molecule has 0 bridgehead atoms. The van der Waals surface area contributed by atoms with E-state index in [0.29, 0.717) is 12.8 Å². The highest BCUT2D eigenvalue weighted by molar-refractivity contribution is 5.83. The second-order valence-corrected chi connectivity index (χ2v) is 4.59. The highest BCUT2D eigenvalue weighted by Gasteiger charge is 2.42. The Hall–Kier alpha value is -1.45. The molecule has 1 aromatic carbocycles. The fraction of sp³-hybridized carbons (Fsp3) is 0.308. The summed E-state index contributed by atoms with van der Waals surface area (Å²) in [6.45, 7) is 0. The summed E-state index contributed by atoms with van der Waals surface area (Å²) >= 11 is 0. The molecule has 0 atom stereocenters. The molecule has 0 spiro atoms. The lowest BCUT2D eigenvalue weighted by Gasteiger charge is -2.43. The molecule has 16 heavy (non-hydrogen) atoms. The summed E-state index contributed by atoms with van der Waals surface area (Å²) in [4.78, 5) is 4.31. The zero-order valence-electron chi connectivity index (χ0n) is 8.93. The lowest BCUT2D eigenvalue weighted by Crippen LogP contribution is -2.51. The van der Waals surface area contributed by atoms with Crippen LogP contribution in [-0.4, -0.2) is 16.2 Å². The Kier molecular flexibility index (Phi) is 1.99. The summed E-state index contributed by atoms with van der Waals surface area (Å²) in [5.41, 5.74) is 7.98. The Labute approximate surface area is 93.9 Å². The molecule has 82 valence electrons. The van der Waals surface area contributed by atoms with Gasteiger partial charge >= 0.3 is 0 Å². The fourth-order valence-corrected chi connectivity index (χ4v) is 2.53. The minimum atomic E-state index is -0.373. The normalized spacial score (nSPS) is 29.0. The smallest absolute Gasteiger partial charge is 0.0705 e. The van der Waals surface area contributed by atoms with Crippen molar-refractivity contribution in [3.05, 3.63) is 42.1 Å². The van der Waals surface area contributed by atoms with E-state index in [1.165, 1.54) is 0 Å². The van der Waals surface area contributed by atoms with Crippen LogP contribution in [-0.2, 0) is 5.54 Å². The maximum atomic E-state index is 9.42. The van der Waals surface area contributed by atoms with E-state index in [1.807, 2.05) is 30.3 Å². The minimum absolute atomic E-state index is 0.253. The van der Waals surface area contributed by atoms with Crippen molar-refractivity contribution < 1.29 is 5.11 Å². The van der Waals surface area contributed by atoms with Crippen molar-refractivity contribution in [3.8, 4) is 0 Å². The molecule has 1 heterocycles. The van der Waals surface area contributed by atoms with Crippen LogP contribution in [0.25, 0.3) is 10.9 Å². The molecule has 0 amide bonds. The van der Waals surface area contributed by atoms with Crippen molar-refractivity contribution in [1.29, 1.82) is 0 Å². The average molecular weight is 214 g/mol. The SMILES string of the molecule is NC1(c2ccnc3ccccc23)CC(O)C1. The Balaban J connectivity index is 2.17. The number of hydrogen-bond acceptors (Lipinski definition) is 3. The third-order valence-corrected chi connectivity index (χ3v) is 3.39. The summed E-state index contributed by atoms with van der Waals surface area (Å²) in [5, 5.41) is 10.5. The van der Waals surface area contributed by atoms with Gasteiger partial charge in [0.1, 0.15) is 0 Å². The second-order valence-electron chi connectivity index (χ2n) is 4.59. The number of hydrogen-bond donors (Lipinski definition) is 2. The lowest BCUT2D eigenvalue weighted by molar-refractivity contribution is 0.0216. The second kappa shape index (κ2) is 3.27. The van der Waals surface area contributed by atoms with Crippen LogP contribution in [0.15, 0.2) is 36.5 Å². The third kappa shape index (κ3) is 1.32. The summed E-state index contributed by atoms with van der Waals surface area (Å²) < 4.78 is 0. The average Bonchev–Trinajstić information content (AvgIpc) is 2.26. The van der Waals surface area contributed by atoms with Gasteiger partial charge in [0.15, 0.2) is 0 Å². The van der Waals surface area contributed by atoms with Gasteiger partial charge in [0.05, 0.1) is 11.6 Å². The van der Waals surface area contributed by atoms with Crippen LogP contribution in [0.4, 0.5) is 0 Å². The first-order chi connectivity index (χ1) is 7.69. The Morgan fingerprint density at radius 3 is 2.75 bits per heavy atom. The highest BCUT2D eigenvalue weighted by Crippen LogP contribution is 2.41. The molecule has 0 saturated heterocycles. The summed E-state index contributed by atoms with van der Waals surface area (Å²) in [5.74, 6) is 0. The van der Waals surface area contributed by atoms with Crippen LogP contribution in [0.1, 0.15) is 18.4 Å². The third-order valence-electron chi connectivity index (χ3n) is 3.39. The molecule has 1 saturated carbocycles. The summed E-state index contributed by atoms with van der Waals surface area (Å²) in [6.07, 6.45) is 2.82. The van der Waals surface area contributed by atoms with Crippen LogP contribution in [0, 0.1) is 0 Å². The molecule has 1 aliphatic rings. The Morgan fingerprint density at radius 1 is 1.25 bits per heavy atom. The van der Waals surface area contributed by atoms with E-state index in [4.69, 9.17) is 5.73 Å². The van der Waals surface area contributed by atoms with Crippen LogP contribution >= 0.6 is 0 Å². The fourth-order valence-electron chi connectivity index (χ4n) is 2.53. The predicted molar refractivity (Wildman–Crippen MR) is 62.8 cm³/mol. The summed E-state index contributed by atoms with van der Waals surface area (Å²) in [6, 6.07) is 9.95. The monoisotopic (exact) mass is 214 g/mol. The lowest BCUT2D eigenvalue weighted by atomic mass is 9.70. The largest absolute Gasteiger partial charge is 0.393 e.